The van der Waals surface area contributed by atoms with Crippen molar-refractivity contribution in [3.8, 4) is 0 Å². The number of rotatable bonds is 4. The Labute approximate surface area is 94.4 Å². The highest BCUT2D eigenvalue weighted by molar-refractivity contribution is 7.99. The monoisotopic (exact) mass is 226 g/mol. The van der Waals surface area contributed by atoms with E-state index >= 15 is 0 Å². The molecule has 1 fully saturated rings. The largest absolute Gasteiger partial charge is 0.327 e. The number of aromatic amines is 1. The van der Waals surface area contributed by atoms with E-state index in [2.05, 4.69) is 15.2 Å². The molecule has 84 valence electrons. The highest BCUT2D eigenvalue weighted by atomic mass is 32.2. The third kappa shape index (κ3) is 3.21. The molecular formula is C10H18N4S. The fourth-order valence-electron chi connectivity index (χ4n) is 2.14. The molecule has 1 heterocycles. The Morgan fingerprint density at radius 3 is 2.93 bits per heavy atom. The summed E-state index contributed by atoms with van der Waals surface area (Å²) in [5, 5.41) is 7.53. The van der Waals surface area contributed by atoms with Crippen LogP contribution in [0.5, 0.6) is 0 Å². The van der Waals surface area contributed by atoms with Gasteiger partial charge in [-0.2, -0.15) is 5.10 Å². The first-order chi connectivity index (χ1) is 7.36. The molecule has 1 aromatic rings. The van der Waals surface area contributed by atoms with E-state index in [1.807, 2.05) is 0 Å². The molecule has 1 aliphatic rings. The van der Waals surface area contributed by atoms with Crippen molar-refractivity contribution in [1.29, 1.82) is 0 Å². The summed E-state index contributed by atoms with van der Waals surface area (Å²) >= 11 is 1.67. The van der Waals surface area contributed by atoms with Crippen LogP contribution in [0, 0.1) is 5.92 Å². The summed E-state index contributed by atoms with van der Waals surface area (Å²) in [4.78, 5) is 4.07. The summed E-state index contributed by atoms with van der Waals surface area (Å²) in [5.41, 5.74) is 6.18. The first-order valence-electron chi connectivity index (χ1n) is 5.60. The lowest BCUT2D eigenvalue weighted by atomic mass is 9.85. The average Bonchev–Trinajstić information content (AvgIpc) is 2.80. The maximum absolute atomic E-state index is 6.18. The Kier molecular flexibility index (Phi) is 4.02. The lowest BCUT2D eigenvalue weighted by Gasteiger charge is -2.26. The van der Waals surface area contributed by atoms with Crippen molar-refractivity contribution in [2.24, 2.45) is 11.7 Å². The highest BCUT2D eigenvalue weighted by Crippen LogP contribution is 2.27. The van der Waals surface area contributed by atoms with Gasteiger partial charge in [-0.25, -0.2) is 4.98 Å². The third-order valence-corrected chi connectivity index (χ3v) is 4.08. The van der Waals surface area contributed by atoms with Crippen LogP contribution in [-0.4, -0.2) is 27.0 Å². The molecule has 0 radical (unpaired) electrons. The zero-order valence-corrected chi connectivity index (χ0v) is 9.67. The molecule has 1 atom stereocenters. The number of nitrogens with one attached hydrogen (secondary N) is 1. The van der Waals surface area contributed by atoms with E-state index in [0.717, 1.165) is 10.9 Å². The van der Waals surface area contributed by atoms with Crippen molar-refractivity contribution < 1.29 is 0 Å². The van der Waals surface area contributed by atoms with Gasteiger partial charge in [-0.05, 0) is 18.8 Å². The van der Waals surface area contributed by atoms with Gasteiger partial charge in [-0.3, -0.25) is 5.10 Å². The van der Waals surface area contributed by atoms with Gasteiger partial charge in [-0.15, -0.1) is 0 Å². The quantitative estimate of drug-likeness (QED) is 0.768. The van der Waals surface area contributed by atoms with E-state index in [-0.39, 0.29) is 0 Å². The van der Waals surface area contributed by atoms with Crippen LogP contribution < -0.4 is 5.73 Å². The predicted molar refractivity (Wildman–Crippen MR) is 61.7 cm³/mol. The van der Waals surface area contributed by atoms with Gasteiger partial charge in [0, 0.05) is 11.8 Å². The van der Waals surface area contributed by atoms with Crippen molar-refractivity contribution in [3.05, 3.63) is 6.33 Å². The molecule has 0 bridgehead atoms. The molecule has 1 aliphatic carbocycles. The SMILES string of the molecule is NC(CSc1ncn[nH]1)C1CCCCC1. The van der Waals surface area contributed by atoms with E-state index in [1.54, 1.807) is 11.8 Å². The minimum atomic E-state index is 0.306. The van der Waals surface area contributed by atoms with Crippen molar-refractivity contribution in [3.63, 3.8) is 0 Å². The first-order valence-corrected chi connectivity index (χ1v) is 6.58. The number of aromatic nitrogens is 3. The van der Waals surface area contributed by atoms with Crippen LogP contribution in [0.25, 0.3) is 0 Å². The molecule has 4 nitrogen and oxygen atoms in total. The molecule has 3 N–H and O–H groups in total. The maximum atomic E-state index is 6.18. The number of nitrogens with zero attached hydrogens (tertiary/aromatic N) is 2. The zero-order chi connectivity index (χ0) is 10.5. The van der Waals surface area contributed by atoms with Crippen LogP contribution in [-0.2, 0) is 0 Å². The van der Waals surface area contributed by atoms with Gasteiger partial charge in [0.2, 0.25) is 0 Å². The van der Waals surface area contributed by atoms with Gasteiger partial charge in [0.05, 0.1) is 0 Å². The van der Waals surface area contributed by atoms with Gasteiger partial charge in [0.1, 0.15) is 6.33 Å². The minimum Gasteiger partial charge on any atom is -0.327 e. The molecule has 1 unspecified atom stereocenters. The number of thioether (sulfide) groups is 1. The molecule has 1 aromatic heterocycles. The smallest absolute Gasteiger partial charge is 0.183 e. The summed E-state index contributed by atoms with van der Waals surface area (Å²) in [6.07, 6.45) is 8.24. The molecule has 0 spiro atoms. The fourth-order valence-corrected chi connectivity index (χ4v) is 3.00. The van der Waals surface area contributed by atoms with Crippen molar-refractivity contribution in [1.82, 2.24) is 15.2 Å². The van der Waals surface area contributed by atoms with Crippen molar-refractivity contribution in [2.45, 2.75) is 43.3 Å². The van der Waals surface area contributed by atoms with Crippen molar-refractivity contribution in [2.75, 3.05) is 5.75 Å². The second kappa shape index (κ2) is 5.51. The summed E-state index contributed by atoms with van der Waals surface area (Å²) in [7, 11) is 0. The lowest BCUT2D eigenvalue weighted by molar-refractivity contribution is 0.319. The van der Waals surface area contributed by atoms with Crippen LogP contribution in [0.4, 0.5) is 0 Å². The normalized spacial score (nSPS) is 20.3. The lowest BCUT2D eigenvalue weighted by Crippen LogP contribution is -2.33. The summed E-state index contributed by atoms with van der Waals surface area (Å²) in [5.74, 6) is 1.66. The van der Waals surface area contributed by atoms with Crippen LogP contribution in [0.1, 0.15) is 32.1 Å². The summed E-state index contributed by atoms with van der Waals surface area (Å²) in [6, 6.07) is 0.306. The Morgan fingerprint density at radius 1 is 1.47 bits per heavy atom. The fraction of sp³-hybridized carbons (Fsp3) is 0.800. The standard InChI is InChI=1S/C10H18N4S/c11-9(8-4-2-1-3-5-8)6-15-10-12-7-13-14-10/h7-9H,1-6,11H2,(H,12,13,14). The number of nitrogens with two attached hydrogens (primary N) is 1. The van der Waals surface area contributed by atoms with Gasteiger partial charge >= 0.3 is 0 Å². The number of H-pyrrole nitrogens is 1. The molecule has 2 rings (SSSR count). The molecule has 0 amide bonds. The Bertz CT molecular complexity index is 269. The Morgan fingerprint density at radius 2 is 2.27 bits per heavy atom. The Hall–Kier alpha value is -0.550. The van der Waals surface area contributed by atoms with Crippen LogP contribution >= 0.6 is 11.8 Å². The highest BCUT2D eigenvalue weighted by Gasteiger charge is 2.20. The zero-order valence-electron chi connectivity index (χ0n) is 8.85. The van der Waals surface area contributed by atoms with Gasteiger partial charge < -0.3 is 5.73 Å². The number of hydrogen-bond donors (Lipinski definition) is 2. The van der Waals surface area contributed by atoms with E-state index in [0.29, 0.717) is 12.0 Å². The van der Waals surface area contributed by atoms with E-state index in [4.69, 9.17) is 5.73 Å². The maximum Gasteiger partial charge on any atom is 0.183 e. The minimum absolute atomic E-state index is 0.306. The second-order valence-corrected chi connectivity index (χ2v) is 5.17. The topological polar surface area (TPSA) is 67.6 Å². The van der Waals surface area contributed by atoms with Crippen LogP contribution in [0.3, 0.4) is 0 Å². The van der Waals surface area contributed by atoms with Gasteiger partial charge in [0.25, 0.3) is 0 Å². The molecular weight excluding hydrogens is 208 g/mol. The van der Waals surface area contributed by atoms with Gasteiger partial charge in [0.15, 0.2) is 5.16 Å². The predicted octanol–water partition coefficient (Wildman–Crippen LogP) is 1.80. The molecule has 0 aromatic carbocycles. The van der Waals surface area contributed by atoms with Crippen molar-refractivity contribution >= 4 is 11.8 Å². The average molecular weight is 226 g/mol. The Balaban J connectivity index is 1.74. The molecule has 15 heavy (non-hydrogen) atoms. The van der Waals surface area contributed by atoms with Crippen LogP contribution in [0.2, 0.25) is 0 Å². The van der Waals surface area contributed by atoms with Crippen LogP contribution in [0.15, 0.2) is 11.5 Å². The second-order valence-electron chi connectivity index (χ2n) is 4.16. The summed E-state index contributed by atoms with van der Waals surface area (Å²) < 4.78 is 0. The van der Waals surface area contributed by atoms with E-state index in [1.165, 1.54) is 38.4 Å². The first kappa shape index (κ1) is 11.0. The molecule has 0 aliphatic heterocycles. The van der Waals surface area contributed by atoms with E-state index in [9.17, 15) is 0 Å². The third-order valence-electron chi connectivity index (χ3n) is 3.06. The van der Waals surface area contributed by atoms with E-state index < -0.39 is 0 Å². The van der Waals surface area contributed by atoms with Gasteiger partial charge in [-0.1, -0.05) is 31.0 Å². The number of hydrogen-bond acceptors (Lipinski definition) is 4. The summed E-state index contributed by atoms with van der Waals surface area (Å²) in [6.45, 7) is 0. The molecule has 1 saturated carbocycles. The molecule has 0 saturated heterocycles. The molecule has 5 heteroatoms.